The topological polar surface area (TPSA) is 32.3 Å². The standard InChI is InChI=1S/C16H19NOS/c1-11-9-10-19-15(11)16(2,18)14-8-7-12-5-3-4-6-13(12)17-14/h3-6,9-10,14,17-18H,7-8H2,1-2H3. The Morgan fingerprint density at radius 3 is 2.84 bits per heavy atom. The van der Waals surface area contributed by atoms with E-state index in [0.29, 0.717) is 0 Å². The van der Waals surface area contributed by atoms with Gasteiger partial charge in [0.15, 0.2) is 0 Å². The van der Waals surface area contributed by atoms with Crippen LogP contribution in [0, 0.1) is 6.92 Å². The summed E-state index contributed by atoms with van der Waals surface area (Å²) in [5.41, 5.74) is 2.87. The lowest BCUT2D eigenvalue weighted by atomic mass is 9.85. The van der Waals surface area contributed by atoms with E-state index in [1.54, 1.807) is 11.3 Å². The van der Waals surface area contributed by atoms with Gasteiger partial charge in [0.25, 0.3) is 0 Å². The van der Waals surface area contributed by atoms with E-state index >= 15 is 0 Å². The van der Waals surface area contributed by atoms with Gasteiger partial charge < -0.3 is 10.4 Å². The van der Waals surface area contributed by atoms with Crippen molar-refractivity contribution in [2.75, 3.05) is 5.32 Å². The highest BCUT2D eigenvalue weighted by Gasteiger charge is 2.37. The summed E-state index contributed by atoms with van der Waals surface area (Å²) in [6.07, 6.45) is 1.98. The van der Waals surface area contributed by atoms with Crippen molar-refractivity contribution in [2.24, 2.45) is 0 Å². The van der Waals surface area contributed by atoms with Gasteiger partial charge in [-0.1, -0.05) is 18.2 Å². The Labute approximate surface area is 118 Å². The summed E-state index contributed by atoms with van der Waals surface area (Å²) in [6.45, 7) is 3.99. The lowest BCUT2D eigenvalue weighted by Gasteiger charge is -2.37. The summed E-state index contributed by atoms with van der Waals surface area (Å²) in [5, 5.41) is 16.5. The third-order valence-electron chi connectivity index (χ3n) is 4.05. The van der Waals surface area contributed by atoms with Gasteiger partial charge >= 0.3 is 0 Å². The molecule has 2 heterocycles. The van der Waals surface area contributed by atoms with Crippen LogP contribution in [0.5, 0.6) is 0 Å². The number of fused-ring (bicyclic) bond motifs is 1. The zero-order valence-corrected chi connectivity index (χ0v) is 12.1. The lowest BCUT2D eigenvalue weighted by molar-refractivity contribution is 0.0354. The third kappa shape index (κ3) is 2.17. The van der Waals surface area contributed by atoms with Crippen LogP contribution in [-0.2, 0) is 12.0 Å². The van der Waals surface area contributed by atoms with E-state index in [4.69, 9.17) is 0 Å². The first-order valence-electron chi connectivity index (χ1n) is 6.70. The van der Waals surface area contributed by atoms with Gasteiger partial charge in [-0.2, -0.15) is 0 Å². The molecule has 1 aromatic heterocycles. The average Bonchev–Trinajstić information content (AvgIpc) is 2.85. The summed E-state index contributed by atoms with van der Waals surface area (Å²) < 4.78 is 0. The van der Waals surface area contributed by atoms with Gasteiger partial charge in [0.05, 0.1) is 6.04 Å². The second-order valence-electron chi connectivity index (χ2n) is 5.47. The van der Waals surface area contributed by atoms with Crippen LogP contribution in [0.3, 0.4) is 0 Å². The van der Waals surface area contributed by atoms with Crippen LogP contribution < -0.4 is 5.32 Å². The van der Waals surface area contributed by atoms with E-state index in [9.17, 15) is 5.11 Å². The highest BCUT2D eigenvalue weighted by atomic mass is 32.1. The maximum atomic E-state index is 11.0. The van der Waals surface area contributed by atoms with Crippen molar-refractivity contribution in [3.8, 4) is 0 Å². The predicted molar refractivity (Wildman–Crippen MR) is 80.8 cm³/mol. The van der Waals surface area contributed by atoms with Crippen molar-refractivity contribution >= 4 is 17.0 Å². The highest BCUT2D eigenvalue weighted by molar-refractivity contribution is 7.10. The molecule has 2 aromatic rings. The predicted octanol–water partition coefficient (Wildman–Crippen LogP) is 3.69. The second kappa shape index (κ2) is 4.66. The molecule has 1 aromatic carbocycles. The Balaban J connectivity index is 1.90. The molecule has 1 aliphatic rings. The van der Waals surface area contributed by atoms with Crippen molar-refractivity contribution in [1.82, 2.24) is 0 Å². The number of hydrogen-bond acceptors (Lipinski definition) is 3. The molecule has 19 heavy (non-hydrogen) atoms. The van der Waals surface area contributed by atoms with Crippen LogP contribution in [0.2, 0.25) is 0 Å². The largest absolute Gasteiger partial charge is 0.382 e. The van der Waals surface area contributed by atoms with Gasteiger partial charge in [-0.05, 0) is 55.3 Å². The SMILES string of the molecule is Cc1ccsc1C(C)(O)C1CCc2ccccc2N1. The number of benzene rings is 1. The Morgan fingerprint density at radius 2 is 2.11 bits per heavy atom. The fraction of sp³-hybridized carbons (Fsp3) is 0.375. The van der Waals surface area contributed by atoms with E-state index in [1.807, 2.05) is 13.0 Å². The van der Waals surface area contributed by atoms with Crippen molar-refractivity contribution in [3.05, 3.63) is 51.7 Å². The molecule has 0 saturated heterocycles. The maximum absolute atomic E-state index is 11.0. The third-order valence-corrected chi connectivity index (χ3v) is 5.29. The van der Waals surface area contributed by atoms with E-state index in [-0.39, 0.29) is 6.04 Å². The van der Waals surface area contributed by atoms with E-state index in [2.05, 4.69) is 41.9 Å². The minimum absolute atomic E-state index is 0.0692. The van der Waals surface area contributed by atoms with Crippen LogP contribution in [0.4, 0.5) is 5.69 Å². The molecule has 2 atom stereocenters. The van der Waals surface area contributed by atoms with Crippen LogP contribution >= 0.6 is 11.3 Å². The maximum Gasteiger partial charge on any atom is 0.116 e. The molecule has 3 heteroatoms. The van der Waals surface area contributed by atoms with Gasteiger partial charge in [-0.15, -0.1) is 11.3 Å². The molecular formula is C16H19NOS. The smallest absolute Gasteiger partial charge is 0.116 e. The van der Waals surface area contributed by atoms with Gasteiger partial charge in [-0.3, -0.25) is 0 Å². The quantitative estimate of drug-likeness (QED) is 0.874. The van der Waals surface area contributed by atoms with E-state index in [1.165, 1.54) is 11.1 Å². The first-order valence-corrected chi connectivity index (χ1v) is 7.58. The van der Waals surface area contributed by atoms with Crippen LogP contribution in [0.1, 0.15) is 29.3 Å². The average molecular weight is 273 g/mol. The molecule has 2 unspecified atom stereocenters. The fourth-order valence-corrected chi connectivity index (χ4v) is 3.95. The summed E-state index contributed by atoms with van der Waals surface area (Å²) >= 11 is 1.64. The Hall–Kier alpha value is -1.32. The van der Waals surface area contributed by atoms with Crippen LogP contribution in [0.15, 0.2) is 35.7 Å². The molecule has 0 amide bonds. The van der Waals surface area contributed by atoms with Crippen molar-refractivity contribution < 1.29 is 5.11 Å². The Morgan fingerprint density at radius 1 is 1.32 bits per heavy atom. The minimum Gasteiger partial charge on any atom is -0.382 e. The number of rotatable bonds is 2. The van der Waals surface area contributed by atoms with Gasteiger partial charge in [0.1, 0.15) is 5.60 Å². The van der Waals surface area contributed by atoms with Gasteiger partial charge in [0.2, 0.25) is 0 Å². The Kier molecular flexibility index (Phi) is 3.11. The second-order valence-corrected chi connectivity index (χ2v) is 6.39. The van der Waals surface area contributed by atoms with Crippen molar-refractivity contribution in [3.63, 3.8) is 0 Å². The zero-order chi connectivity index (χ0) is 13.5. The number of nitrogens with one attached hydrogen (secondary N) is 1. The van der Waals surface area contributed by atoms with Crippen molar-refractivity contribution in [1.29, 1.82) is 0 Å². The number of thiophene rings is 1. The molecule has 0 spiro atoms. The number of hydrogen-bond donors (Lipinski definition) is 2. The van der Waals surface area contributed by atoms with E-state index < -0.39 is 5.60 Å². The molecular weight excluding hydrogens is 254 g/mol. The number of anilines is 1. The van der Waals surface area contributed by atoms with Crippen LogP contribution in [0.25, 0.3) is 0 Å². The summed E-state index contributed by atoms with van der Waals surface area (Å²) in [6, 6.07) is 10.5. The summed E-state index contributed by atoms with van der Waals surface area (Å²) in [7, 11) is 0. The summed E-state index contributed by atoms with van der Waals surface area (Å²) in [4.78, 5) is 1.07. The molecule has 1 aliphatic heterocycles. The number of aliphatic hydroxyl groups is 1. The lowest BCUT2D eigenvalue weighted by Crippen LogP contribution is -2.44. The molecule has 100 valence electrons. The number of aryl methyl sites for hydroxylation is 2. The molecule has 0 aliphatic carbocycles. The summed E-state index contributed by atoms with van der Waals surface area (Å²) in [5.74, 6) is 0. The molecule has 0 fully saturated rings. The molecule has 3 rings (SSSR count). The molecule has 0 saturated carbocycles. The van der Waals surface area contributed by atoms with Gasteiger partial charge in [-0.25, -0.2) is 0 Å². The van der Waals surface area contributed by atoms with Gasteiger partial charge in [0, 0.05) is 10.6 Å². The fourth-order valence-electron chi connectivity index (χ4n) is 2.91. The van der Waals surface area contributed by atoms with E-state index in [0.717, 1.165) is 23.4 Å². The molecule has 0 radical (unpaired) electrons. The monoisotopic (exact) mass is 273 g/mol. The minimum atomic E-state index is -0.814. The molecule has 2 nitrogen and oxygen atoms in total. The molecule has 0 bridgehead atoms. The first kappa shape index (κ1) is 12.7. The zero-order valence-electron chi connectivity index (χ0n) is 11.3. The first-order chi connectivity index (χ1) is 9.09. The van der Waals surface area contributed by atoms with Crippen LogP contribution in [-0.4, -0.2) is 11.1 Å². The number of para-hydroxylation sites is 1. The molecule has 2 N–H and O–H groups in total. The Bertz CT molecular complexity index is 588. The normalized spacial score (nSPS) is 21.3. The van der Waals surface area contributed by atoms with Crippen molar-refractivity contribution in [2.45, 2.75) is 38.3 Å². The highest BCUT2D eigenvalue weighted by Crippen LogP contribution is 2.37.